The molecule has 1 aromatic carbocycles. The van der Waals surface area contributed by atoms with Crippen LogP contribution < -0.4 is 10.1 Å². The molecule has 1 saturated heterocycles. The Hall–Kier alpha value is -1.13. The van der Waals surface area contributed by atoms with Crippen molar-refractivity contribution in [3.05, 3.63) is 29.6 Å². The largest absolute Gasteiger partial charge is 0.490 e. The van der Waals surface area contributed by atoms with Crippen molar-refractivity contribution in [3.63, 3.8) is 0 Å². The minimum absolute atomic E-state index is 0.283. The van der Waals surface area contributed by atoms with E-state index in [1.807, 2.05) is 13.1 Å². The fourth-order valence-corrected chi connectivity index (χ4v) is 2.10. The molecule has 1 aliphatic rings. The zero-order valence-electron chi connectivity index (χ0n) is 10.7. The van der Waals surface area contributed by atoms with Gasteiger partial charge < -0.3 is 14.8 Å². The minimum Gasteiger partial charge on any atom is -0.490 e. The zero-order valence-corrected chi connectivity index (χ0v) is 10.7. The average molecular weight is 253 g/mol. The van der Waals surface area contributed by atoms with Gasteiger partial charge in [0, 0.05) is 19.8 Å². The second kappa shape index (κ2) is 6.71. The van der Waals surface area contributed by atoms with Gasteiger partial charge >= 0.3 is 0 Å². The van der Waals surface area contributed by atoms with Crippen molar-refractivity contribution in [2.24, 2.45) is 5.92 Å². The first-order valence-corrected chi connectivity index (χ1v) is 6.43. The van der Waals surface area contributed by atoms with E-state index in [0.717, 1.165) is 31.6 Å². The van der Waals surface area contributed by atoms with E-state index in [2.05, 4.69) is 5.32 Å². The first-order chi connectivity index (χ1) is 8.79. The Kier molecular flexibility index (Phi) is 4.96. The van der Waals surface area contributed by atoms with Gasteiger partial charge in [0.15, 0.2) is 11.6 Å². The first kappa shape index (κ1) is 13.3. The minimum atomic E-state index is -0.283. The van der Waals surface area contributed by atoms with Crippen LogP contribution in [-0.2, 0) is 11.3 Å². The van der Waals surface area contributed by atoms with Gasteiger partial charge in [0.05, 0.1) is 6.61 Å². The van der Waals surface area contributed by atoms with E-state index in [-0.39, 0.29) is 5.82 Å². The third-order valence-electron chi connectivity index (χ3n) is 3.19. The molecule has 1 N–H and O–H groups in total. The highest BCUT2D eigenvalue weighted by molar-refractivity contribution is 5.29. The molecule has 0 amide bonds. The molecule has 0 saturated carbocycles. The van der Waals surface area contributed by atoms with E-state index in [1.165, 1.54) is 6.07 Å². The summed E-state index contributed by atoms with van der Waals surface area (Å²) in [6.07, 6.45) is 2.00. The summed E-state index contributed by atoms with van der Waals surface area (Å²) in [5.41, 5.74) is 0.924. The van der Waals surface area contributed by atoms with Crippen molar-refractivity contribution >= 4 is 0 Å². The smallest absolute Gasteiger partial charge is 0.165 e. The Morgan fingerprint density at radius 2 is 2.17 bits per heavy atom. The molecule has 0 atom stereocenters. The summed E-state index contributed by atoms with van der Waals surface area (Å²) in [5, 5.41) is 2.99. The summed E-state index contributed by atoms with van der Waals surface area (Å²) >= 11 is 0. The molecular formula is C14H20FNO2. The van der Waals surface area contributed by atoms with Crippen molar-refractivity contribution in [1.29, 1.82) is 0 Å². The van der Waals surface area contributed by atoms with Gasteiger partial charge in [-0.15, -0.1) is 0 Å². The van der Waals surface area contributed by atoms with Gasteiger partial charge in [0.1, 0.15) is 0 Å². The third-order valence-corrected chi connectivity index (χ3v) is 3.19. The normalized spacial score (nSPS) is 16.8. The maximum absolute atomic E-state index is 13.8. The summed E-state index contributed by atoms with van der Waals surface area (Å²) in [7, 11) is 1.84. The molecule has 100 valence electrons. The van der Waals surface area contributed by atoms with E-state index < -0.39 is 0 Å². The van der Waals surface area contributed by atoms with E-state index in [9.17, 15) is 4.39 Å². The van der Waals surface area contributed by atoms with Crippen LogP contribution in [0.4, 0.5) is 4.39 Å². The second-order valence-corrected chi connectivity index (χ2v) is 4.66. The molecule has 0 spiro atoms. The van der Waals surface area contributed by atoms with Crippen LogP contribution in [-0.4, -0.2) is 26.9 Å². The van der Waals surface area contributed by atoms with Crippen LogP contribution in [0, 0.1) is 11.7 Å². The highest BCUT2D eigenvalue weighted by atomic mass is 19.1. The quantitative estimate of drug-likeness (QED) is 0.873. The van der Waals surface area contributed by atoms with E-state index in [1.54, 1.807) is 6.07 Å². The first-order valence-electron chi connectivity index (χ1n) is 6.43. The number of hydrogen-bond donors (Lipinski definition) is 1. The molecule has 3 nitrogen and oxygen atoms in total. The topological polar surface area (TPSA) is 30.5 Å². The van der Waals surface area contributed by atoms with E-state index in [0.29, 0.717) is 24.8 Å². The molecular weight excluding hydrogens is 233 g/mol. The van der Waals surface area contributed by atoms with Crippen LogP contribution in [0.25, 0.3) is 0 Å². The highest BCUT2D eigenvalue weighted by Crippen LogP contribution is 2.21. The molecule has 1 heterocycles. The number of rotatable bonds is 5. The van der Waals surface area contributed by atoms with Gasteiger partial charge in [-0.1, -0.05) is 6.07 Å². The van der Waals surface area contributed by atoms with E-state index in [4.69, 9.17) is 9.47 Å². The van der Waals surface area contributed by atoms with Crippen LogP contribution >= 0.6 is 0 Å². The van der Waals surface area contributed by atoms with Crippen molar-refractivity contribution in [2.75, 3.05) is 26.9 Å². The molecule has 1 aromatic rings. The Morgan fingerprint density at radius 1 is 1.39 bits per heavy atom. The maximum atomic E-state index is 13.8. The molecule has 4 heteroatoms. The SMILES string of the molecule is CNCc1ccc(OCC2CCOCC2)c(F)c1. The molecule has 1 aliphatic heterocycles. The summed E-state index contributed by atoms with van der Waals surface area (Å²) in [6, 6.07) is 5.12. The van der Waals surface area contributed by atoms with Crippen LogP contribution in [0.2, 0.25) is 0 Å². The van der Waals surface area contributed by atoms with Gasteiger partial charge in [0.2, 0.25) is 0 Å². The summed E-state index contributed by atoms with van der Waals surface area (Å²) in [6.45, 7) is 2.82. The number of halogens is 1. The predicted octanol–water partition coefficient (Wildman–Crippen LogP) is 2.35. The van der Waals surface area contributed by atoms with Gasteiger partial charge in [0.25, 0.3) is 0 Å². The van der Waals surface area contributed by atoms with Crippen LogP contribution in [0.5, 0.6) is 5.75 Å². The van der Waals surface area contributed by atoms with Crippen LogP contribution in [0.1, 0.15) is 18.4 Å². The van der Waals surface area contributed by atoms with Crippen molar-refractivity contribution < 1.29 is 13.9 Å². The van der Waals surface area contributed by atoms with Gasteiger partial charge in [-0.25, -0.2) is 4.39 Å². The van der Waals surface area contributed by atoms with Crippen LogP contribution in [0.3, 0.4) is 0 Å². The van der Waals surface area contributed by atoms with Gasteiger partial charge in [-0.2, -0.15) is 0 Å². The highest BCUT2D eigenvalue weighted by Gasteiger charge is 2.15. The summed E-state index contributed by atoms with van der Waals surface area (Å²) in [4.78, 5) is 0. The lowest BCUT2D eigenvalue weighted by Gasteiger charge is -2.22. The van der Waals surface area contributed by atoms with Gasteiger partial charge in [-0.3, -0.25) is 0 Å². The van der Waals surface area contributed by atoms with Crippen molar-refractivity contribution in [3.8, 4) is 5.75 Å². The lowest BCUT2D eigenvalue weighted by atomic mass is 10.0. The molecule has 0 bridgehead atoms. The fourth-order valence-electron chi connectivity index (χ4n) is 2.10. The number of benzene rings is 1. The Morgan fingerprint density at radius 3 is 2.83 bits per heavy atom. The number of hydrogen-bond acceptors (Lipinski definition) is 3. The lowest BCUT2D eigenvalue weighted by molar-refractivity contribution is 0.0491. The standard InChI is InChI=1S/C14H20FNO2/c1-16-9-12-2-3-14(13(15)8-12)18-10-11-4-6-17-7-5-11/h2-3,8,11,16H,4-7,9-10H2,1H3. The maximum Gasteiger partial charge on any atom is 0.165 e. The molecule has 0 aromatic heterocycles. The summed E-state index contributed by atoms with van der Waals surface area (Å²) in [5.74, 6) is 0.547. The number of nitrogens with one attached hydrogen (secondary N) is 1. The molecule has 0 unspecified atom stereocenters. The monoisotopic (exact) mass is 253 g/mol. The molecule has 18 heavy (non-hydrogen) atoms. The third kappa shape index (κ3) is 3.68. The van der Waals surface area contributed by atoms with Crippen LogP contribution in [0.15, 0.2) is 18.2 Å². The van der Waals surface area contributed by atoms with Gasteiger partial charge in [-0.05, 0) is 43.5 Å². The van der Waals surface area contributed by atoms with Crippen molar-refractivity contribution in [2.45, 2.75) is 19.4 Å². The lowest BCUT2D eigenvalue weighted by Crippen LogP contribution is -2.21. The summed E-state index contributed by atoms with van der Waals surface area (Å²) < 4.78 is 24.6. The fraction of sp³-hybridized carbons (Fsp3) is 0.571. The second-order valence-electron chi connectivity index (χ2n) is 4.66. The number of ether oxygens (including phenoxy) is 2. The molecule has 2 rings (SSSR count). The Labute approximate surface area is 107 Å². The Balaban J connectivity index is 1.88. The molecule has 0 aliphatic carbocycles. The predicted molar refractivity (Wildman–Crippen MR) is 68.2 cm³/mol. The van der Waals surface area contributed by atoms with E-state index >= 15 is 0 Å². The molecule has 0 radical (unpaired) electrons. The zero-order chi connectivity index (χ0) is 12.8. The van der Waals surface area contributed by atoms with Crippen molar-refractivity contribution in [1.82, 2.24) is 5.32 Å². The molecule has 1 fully saturated rings. The Bertz CT molecular complexity index is 378. The average Bonchev–Trinajstić information content (AvgIpc) is 2.39.